The van der Waals surface area contributed by atoms with Crippen LogP contribution in [-0.4, -0.2) is 4.98 Å². The summed E-state index contributed by atoms with van der Waals surface area (Å²) < 4.78 is 0. The van der Waals surface area contributed by atoms with Gasteiger partial charge in [0.15, 0.2) is 0 Å². The molecular weight excluding hydrogens is 330 g/mol. The summed E-state index contributed by atoms with van der Waals surface area (Å²) in [5.74, 6) is 0. The largest absolute Gasteiger partial charge is 0.358 e. The normalized spacial score (nSPS) is 15.3. The van der Waals surface area contributed by atoms with Crippen molar-refractivity contribution in [2.24, 2.45) is 0 Å². The SMILES string of the molecule is c1ccc(-c2ccc(C3Nc4ccccc4N3c3ccccc3)nc2)cc1. The minimum atomic E-state index is -0.0328. The molecule has 0 saturated heterocycles. The minimum Gasteiger partial charge on any atom is -0.358 e. The van der Waals surface area contributed by atoms with Crippen molar-refractivity contribution in [3.63, 3.8) is 0 Å². The molecule has 1 atom stereocenters. The lowest BCUT2D eigenvalue weighted by molar-refractivity contribution is 0.793. The van der Waals surface area contributed by atoms with Crippen molar-refractivity contribution in [1.82, 2.24) is 4.98 Å². The van der Waals surface area contributed by atoms with Crippen LogP contribution in [0.3, 0.4) is 0 Å². The molecular formula is C24H19N3. The highest BCUT2D eigenvalue weighted by molar-refractivity contribution is 5.82. The number of fused-ring (bicyclic) bond motifs is 1. The summed E-state index contributed by atoms with van der Waals surface area (Å²) in [5.41, 5.74) is 6.74. The molecule has 27 heavy (non-hydrogen) atoms. The van der Waals surface area contributed by atoms with E-state index in [1.54, 1.807) is 0 Å². The smallest absolute Gasteiger partial charge is 0.147 e. The highest BCUT2D eigenvalue weighted by Gasteiger charge is 2.31. The fraction of sp³-hybridized carbons (Fsp3) is 0.0417. The summed E-state index contributed by atoms with van der Waals surface area (Å²) in [6, 6.07) is 33.4. The van der Waals surface area contributed by atoms with Gasteiger partial charge in [0.2, 0.25) is 0 Å². The van der Waals surface area contributed by atoms with Gasteiger partial charge in [0.1, 0.15) is 6.17 Å². The molecule has 1 unspecified atom stereocenters. The van der Waals surface area contributed by atoms with Gasteiger partial charge in [-0.3, -0.25) is 4.98 Å². The Morgan fingerprint density at radius 2 is 1.37 bits per heavy atom. The molecule has 0 radical (unpaired) electrons. The summed E-state index contributed by atoms with van der Waals surface area (Å²) >= 11 is 0. The number of pyridine rings is 1. The Morgan fingerprint density at radius 1 is 0.667 bits per heavy atom. The maximum atomic E-state index is 4.79. The fourth-order valence-electron chi connectivity index (χ4n) is 3.61. The zero-order chi connectivity index (χ0) is 18.1. The van der Waals surface area contributed by atoms with Crippen LogP contribution in [0.5, 0.6) is 0 Å². The molecule has 1 N–H and O–H groups in total. The molecule has 4 aromatic rings. The van der Waals surface area contributed by atoms with E-state index in [1.165, 1.54) is 11.3 Å². The molecule has 1 aliphatic rings. The predicted octanol–water partition coefficient (Wildman–Crippen LogP) is 6.01. The molecule has 0 spiro atoms. The first-order valence-corrected chi connectivity index (χ1v) is 9.11. The number of para-hydroxylation sites is 3. The van der Waals surface area contributed by atoms with Crippen molar-refractivity contribution in [2.75, 3.05) is 10.2 Å². The van der Waals surface area contributed by atoms with E-state index >= 15 is 0 Å². The van der Waals surface area contributed by atoms with Crippen molar-refractivity contribution in [1.29, 1.82) is 0 Å². The highest BCUT2D eigenvalue weighted by atomic mass is 15.3. The Bertz CT molecular complexity index is 1040. The molecule has 1 aromatic heterocycles. The maximum Gasteiger partial charge on any atom is 0.147 e. The van der Waals surface area contributed by atoms with E-state index in [9.17, 15) is 0 Å². The second-order valence-corrected chi connectivity index (χ2v) is 6.61. The van der Waals surface area contributed by atoms with Crippen molar-refractivity contribution >= 4 is 17.1 Å². The quantitative estimate of drug-likeness (QED) is 0.491. The van der Waals surface area contributed by atoms with Gasteiger partial charge in [-0.15, -0.1) is 0 Å². The van der Waals surface area contributed by atoms with Gasteiger partial charge < -0.3 is 10.2 Å². The zero-order valence-corrected chi connectivity index (χ0v) is 14.8. The summed E-state index contributed by atoms with van der Waals surface area (Å²) in [7, 11) is 0. The van der Waals surface area contributed by atoms with Crippen LogP contribution >= 0.6 is 0 Å². The van der Waals surface area contributed by atoms with E-state index in [4.69, 9.17) is 4.98 Å². The van der Waals surface area contributed by atoms with Gasteiger partial charge in [-0.1, -0.05) is 66.7 Å². The molecule has 0 aliphatic carbocycles. The Balaban J connectivity index is 1.54. The monoisotopic (exact) mass is 349 g/mol. The van der Waals surface area contributed by atoms with Crippen LogP contribution in [0.1, 0.15) is 11.9 Å². The molecule has 0 bridgehead atoms. The van der Waals surface area contributed by atoms with E-state index in [1.807, 2.05) is 18.3 Å². The lowest BCUT2D eigenvalue weighted by Gasteiger charge is -2.26. The molecule has 130 valence electrons. The van der Waals surface area contributed by atoms with Crippen LogP contribution in [0, 0.1) is 0 Å². The number of hydrogen-bond acceptors (Lipinski definition) is 3. The number of nitrogens with one attached hydrogen (secondary N) is 1. The van der Waals surface area contributed by atoms with Crippen molar-refractivity contribution in [2.45, 2.75) is 6.17 Å². The van der Waals surface area contributed by atoms with Gasteiger partial charge in [0.05, 0.1) is 17.1 Å². The molecule has 3 heteroatoms. The average Bonchev–Trinajstić information content (AvgIpc) is 3.15. The molecule has 0 amide bonds. The van der Waals surface area contributed by atoms with E-state index in [2.05, 4.69) is 95.1 Å². The molecule has 0 saturated carbocycles. The summed E-state index contributed by atoms with van der Waals surface area (Å²) in [6.45, 7) is 0. The third kappa shape index (κ3) is 2.83. The molecule has 0 fully saturated rings. The van der Waals surface area contributed by atoms with Crippen LogP contribution < -0.4 is 10.2 Å². The Labute approximate surface area is 158 Å². The van der Waals surface area contributed by atoms with E-state index in [-0.39, 0.29) is 6.17 Å². The highest BCUT2D eigenvalue weighted by Crippen LogP contribution is 2.45. The van der Waals surface area contributed by atoms with Crippen molar-refractivity contribution in [3.05, 3.63) is 109 Å². The van der Waals surface area contributed by atoms with Gasteiger partial charge >= 0.3 is 0 Å². The van der Waals surface area contributed by atoms with E-state index in [0.717, 1.165) is 22.6 Å². The molecule has 3 nitrogen and oxygen atoms in total. The number of aromatic nitrogens is 1. The lowest BCUT2D eigenvalue weighted by atomic mass is 10.1. The van der Waals surface area contributed by atoms with Gasteiger partial charge in [-0.2, -0.15) is 0 Å². The number of hydrogen-bond donors (Lipinski definition) is 1. The third-order valence-corrected chi connectivity index (χ3v) is 4.92. The third-order valence-electron chi connectivity index (χ3n) is 4.92. The fourth-order valence-corrected chi connectivity index (χ4v) is 3.61. The first kappa shape index (κ1) is 15.6. The first-order valence-electron chi connectivity index (χ1n) is 9.11. The second kappa shape index (κ2) is 6.61. The second-order valence-electron chi connectivity index (χ2n) is 6.61. The van der Waals surface area contributed by atoms with E-state index in [0.29, 0.717) is 0 Å². The number of anilines is 3. The molecule has 3 aromatic carbocycles. The summed E-state index contributed by atoms with van der Waals surface area (Å²) in [5, 5.41) is 3.62. The number of benzene rings is 3. The molecule has 5 rings (SSSR count). The van der Waals surface area contributed by atoms with Crippen LogP contribution in [0.25, 0.3) is 11.1 Å². The molecule has 1 aliphatic heterocycles. The van der Waals surface area contributed by atoms with Crippen molar-refractivity contribution < 1.29 is 0 Å². The summed E-state index contributed by atoms with van der Waals surface area (Å²) in [6.07, 6.45) is 1.92. The van der Waals surface area contributed by atoms with Crippen molar-refractivity contribution in [3.8, 4) is 11.1 Å². The lowest BCUT2D eigenvalue weighted by Crippen LogP contribution is -2.24. The Morgan fingerprint density at radius 3 is 2.11 bits per heavy atom. The molecule has 2 heterocycles. The van der Waals surface area contributed by atoms with Crippen LogP contribution in [0.2, 0.25) is 0 Å². The standard InChI is InChI=1S/C24H19N3/c1-3-9-18(10-4-1)19-15-16-22(25-17-19)24-26-21-13-7-8-14-23(21)27(24)20-11-5-2-6-12-20/h1-17,24,26H. The van der Waals surface area contributed by atoms with Gasteiger partial charge in [-0.05, 0) is 35.9 Å². The van der Waals surface area contributed by atoms with Crippen LogP contribution in [0.4, 0.5) is 17.1 Å². The summed E-state index contributed by atoms with van der Waals surface area (Å²) in [4.78, 5) is 7.10. The van der Waals surface area contributed by atoms with E-state index < -0.39 is 0 Å². The minimum absolute atomic E-state index is 0.0328. The number of rotatable bonds is 3. The first-order chi connectivity index (χ1) is 13.4. The van der Waals surface area contributed by atoms with Crippen LogP contribution in [-0.2, 0) is 0 Å². The van der Waals surface area contributed by atoms with Gasteiger partial charge in [0.25, 0.3) is 0 Å². The van der Waals surface area contributed by atoms with Crippen LogP contribution in [0.15, 0.2) is 103 Å². The van der Waals surface area contributed by atoms with Gasteiger partial charge in [0, 0.05) is 17.4 Å². The number of nitrogens with zero attached hydrogens (tertiary/aromatic N) is 2. The predicted molar refractivity (Wildman–Crippen MR) is 111 cm³/mol. The zero-order valence-electron chi connectivity index (χ0n) is 14.8. The Hall–Kier alpha value is -3.59. The Kier molecular flexibility index (Phi) is 3.83. The van der Waals surface area contributed by atoms with Gasteiger partial charge in [-0.25, -0.2) is 0 Å². The maximum absolute atomic E-state index is 4.79. The topological polar surface area (TPSA) is 28.2 Å². The average molecular weight is 349 g/mol.